The maximum atomic E-state index is 11.3. The van der Waals surface area contributed by atoms with Crippen LogP contribution in [0.1, 0.15) is 6.92 Å². The maximum Gasteiger partial charge on any atom is 0.514 e. The van der Waals surface area contributed by atoms with Gasteiger partial charge < -0.3 is 19.9 Å². The third-order valence-corrected chi connectivity index (χ3v) is 3.97. The number of methoxy groups -OCH3 is 1. The fraction of sp³-hybridized carbons (Fsp3) is 0.200. The first-order chi connectivity index (χ1) is 11.4. The lowest BCUT2D eigenvalue weighted by Gasteiger charge is -2.13. The fourth-order valence-electron chi connectivity index (χ4n) is 1.86. The minimum absolute atomic E-state index is 0.0146. The molecule has 0 aliphatic rings. The minimum atomic E-state index is -0.974. The topological polar surface area (TPSA) is 83.7 Å². The molecule has 2 N–H and O–H groups in total. The van der Waals surface area contributed by atoms with Crippen molar-refractivity contribution in [3.63, 3.8) is 0 Å². The Morgan fingerprint density at radius 1 is 1.25 bits per heavy atom. The molecule has 0 saturated heterocycles. The van der Waals surface area contributed by atoms with Crippen LogP contribution in [0.3, 0.4) is 0 Å². The average Bonchev–Trinajstić information content (AvgIpc) is 2.55. The summed E-state index contributed by atoms with van der Waals surface area (Å²) in [6.45, 7) is 2.19. The molecular formula is C15H13Cl3N2O4. The number of nitrogens with two attached hydrogens (primary N) is 1. The van der Waals surface area contributed by atoms with Crippen LogP contribution in [-0.4, -0.2) is 24.9 Å². The predicted molar refractivity (Wildman–Crippen MR) is 93.3 cm³/mol. The smallest absolute Gasteiger partial charge is 0.491 e. The first-order valence-electron chi connectivity index (χ1n) is 6.72. The van der Waals surface area contributed by atoms with E-state index in [1.807, 2.05) is 0 Å². The van der Waals surface area contributed by atoms with Crippen LogP contribution in [0.15, 0.2) is 18.2 Å². The van der Waals surface area contributed by atoms with Crippen molar-refractivity contribution in [3.05, 3.63) is 33.3 Å². The van der Waals surface area contributed by atoms with Gasteiger partial charge in [0.2, 0.25) is 5.88 Å². The number of anilines is 1. The number of ether oxygens (including phenoxy) is 3. The van der Waals surface area contributed by atoms with E-state index in [-0.39, 0.29) is 21.6 Å². The second-order valence-electron chi connectivity index (χ2n) is 4.44. The molecule has 0 aliphatic heterocycles. The molecule has 2 rings (SSSR count). The van der Waals surface area contributed by atoms with Crippen LogP contribution in [0.4, 0.5) is 10.5 Å². The Morgan fingerprint density at radius 2 is 1.96 bits per heavy atom. The van der Waals surface area contributed by atoms with E-state index >= 15 is 0 Å². The number of rotatable bonds is 4. The molecule has 9 heteroatoms. The zero-order valence-electron chi connectivity index (χ0n) is 12.7. The highest BCUT2D eigenvalue weighted by molar-refractivity contribution is 6.39. The van der Waals surface area contributed by atoms with Gasteiger partial charge in [-0.25, -0.2) is 9.78 Å². The molecule has 0 saturated carbocycles. The number of aromatic nitrogens is 1. The third kappa shape index (κ3) is 3.77. The van der Waals surface area contributed by atoms with Crippen molar-refractivity contribution in [1.29, 1.82) is 0 Å². The summed E-state index contributed by atoms with van der Waals surface area (Å²) in [5.74, 6) is 0.131. The van der Waals surface area contributed by atoms with Gasteiger partial charge in [0.05, 0.1) is 35.1 Å². The van der Waals surface area contributed by atoms with Gasteiger partial charge >= 0.3 is 6.16 Å². The maximum absolute atomic E-state index is 11.3. The van der Waals surface area contributed by atoms with Crippen molar-refractivity contribution in [2.24, 2.45) is 0 Å². The highest BCUT2D eigenvalue weighted by Crippen LogP contribution is 2.42. The molecule has 0 bridgehead atoms. The van der Waals surface area contributed by atoms with Crippen LogP contribution >= 0.6 is 34.8 Å². The SMILES string of the molecule is CCOc1c(Cl)ccc(-c2cc(N)c(Cl)c(OC(=O)OC)n2)c1Cl. The van der Waals surface area contributed by atoms with Gasteiger partial charge in [0.15, 0.2) is 5.75 Å². The van der Waals surface area contributed by atoms with E-state index in [2.05, 4.69) is 9.72 Å². The highest BCUT2D eigenvalue weighted by Gasteiger charge is 2.19. The van der Waals surface area contributed by atoms with Crippen molar-refractivity contribution in [3.8, 4) is 22.9 Å². The minimum Gasteiger partial charge on any atom is -0.491 e. The first-order valence-corrected chi connectivity index (χ1v) is 7.85. The lowest BCUT2D eigenvalue weighted by Crippen LogP contribution is -2.10. The lowest BCUT2D eigenvalue weighted by molar-refractivity contribution is 0.120. The van der Waals surface area contributed by atoms with Crippen LogP contribution in [0.25, 0.3) is 11.3 Å². The Kier molecular flexibility index (Phi) is 5.99. The van der Waals surface area contributed by atoms with Gasteiger partial charge in [-0.1, -0.05) is 34.8 Å². The van der Waals surface area contributed by atoms with Crippen molar-refractivity contribution >= 4 is 46.6 Å². The number of benzene rings is 1. The van der Waals surface area contributed by atoms with Crippen molar-refractivity contribution in [2.75, 3.05) is 19.5 Å². The zero-order chi connectivity index (χ0) is 17.9. The van der Waals surface area contributed by atoms with Gasteiger partial charge in [0.25, 0.3) is 0 Å². The zero-order valence-corrected chi connectivity index (χ0v) is 15.0. The molecule has 24 heavy (non-hydrogen) atoms. The molecule has 0 amide bonds. The van der Waals surface area contributed by atoms with Crippen molar-refractivity contribution < 1.29 is 19.0 Å². The van der Waals surface area contributed by atoms with Crippen LogP contribution < -0.4 is 15.2 Å². The summed E-state index contributed by atoms with van der Waals surface area (Å²) in [6.07, 6.45) is -0.974. The van der Waals surface area contributed by atoms with E-state index < -0.39 is 6.16 Å². The number of hydrogen-bond acceptors (Lipinski definition) is 6. The van der Waals surface area contributed by atoms with E-state index in [0.29, 0.717) is 28.6 Å². The Morgan fingerprint density at radius 3 is 2.58 bits per heavy atom. The Hall–Kier alpha value is -1.89. The molecule has 128 valence electrons. The number of nitrogens with zero attached hydrogens (tertiary/aromatic N) is 1. The number of carbonyl (C=O) groups excluding carboxylic acids is 1. The van der Waals surface area contributed by atoms with E-state index in [9.17, 15) is 4.79 Å². The van der Waals surface area contributed by atoms with Crippen LogP contribution in [0.2, 0.25) is 15.1 Å². The standard InChI is InChI=1S/C15H13Cl3N2O4/c1-3-23-13-8(16)5-4-7(11(13)17)10-6-9(19)12(18)14(20-10)24-15(21)22-2/h4-6H,3H2,1-2H3,(H2,19,20). The van der Waals surface area contributed by atoms with E-state index in [1.165, 1.54) is 6.07 Å². The Balaban J connectivity index is 2.57. The van der Waals surface area contributed by atoms with Gasteiger partial charge in [-0.15, -0.1) is 0 Å². The quantitative estimate of drug-likeness (QED) is 0.751. The van der Waals surface area contributed by atoms with Gasteiger partial charge in [-0.05, 0) is 25.1 Å². The first kappa shape index (κ1) is 18.4. The second kappa shape index (κ2) is 7.79. The number of carbonyl (C=O) groups is 1. The number of halogens is 3. The predicted octanol–water partition coefficient (Wildman–Crippen LogP) is 4.83. The molecule has 0 unspecified atom stereocenters. The van der Waals surface area contributed by atoms with Gasteiger partial charge in [0, 0.05) is 5.56 Å². The van der Waals surface area contributed by atoms with E-state index in [4.69, 9.17) is 50.0 Å². The monoisotopic (exact) mass is 390 g/mol. The molecule has 2 aromatic rings. The van der Waals surface area contributed by atoms with Crippen molar-refractivity contribution in [1.82, 2.24) is 4.98 Å². The lowest BCUT2D eigenvalue weighted by atomic mass is 10.1. The summed E-state index contributed by atoms with van der Waals surface area (Å²) < 4.78 is 14.8. The second-order valence-corrected chi connectivity index (χ2v) is 5.61. The summed E-state index contributed by atoms with van der Waals surface area (Å²) >= 11 is 18.4. The fourth-order valence-corrected chi connectivity index (χ4v) is 2.57. The highest BCUT2D eigenvalue weighted by atomic mass is 35.5. The molecular weight excluding hydrogens is 379 g/mol. The van der Waals surface area contributed by atoms with Gasteiger partial charge in [-0.3, -0.25) is 0 Å². The van der Waals surface area contributed by atoms with Crippen LogP contribution in [-0.2, 0) is 4.74 Å². The number of nitrogen functional groups attached to an aromatic ring is 1. The summed E-state index contributed by atoms with van der Waals surface area (Å²) in [5, 5.41) is 0.598. The van der Waals surface area contributed by atoms with Gasteiger partial charge in [0.1, 0.15) is 5.02 Å². The molecule has 1 aromatic carbocycles. The molecule has 0 aliphatic carbocycles. The Bertz CT molecular complexity index is 784. The average molecular weight is 392 g/mol. The number of hydrogen-bond donors (Lipinski definition) is 1. The normalized spacial score (nSPS) is 10.4. The van der Waals surface area contributed by atoms with Crippen LogP contribution in [0, 0.1) is 0 Å². The molecule has 0 radical (unpaired) electrons. The van der Waals surface area contributed by atoms with E-state index in [0.717, 1.165) is 7.11 Å². The largest absolute Gasteiger partial charge is 0.514 e. The van der Waals surface area contributed by atoms with Crippen LogP contribution in [0.5, 0.6) is 11.6 Å². The molecule has 1 aromatic heterocycles. The summed E-state index contributed by atoms with van der Waals surface area (Å²) in [7, 11) is 1.16. The summed E-state index contributed by atoms with van der Waals surface area (Å²) in [4.78, 5) is 15.5. The van der Waals surface area contributed by atoms with Gasteiger partial charge in [-0.2, -0.15) is 0 Å². The molecule has 0 atom stereocenters. The molecule has 0 spiro atoms. The molecule has 0 fully saturated rings. The Labute approximate surface area is 153 Å². The molecule has 1 heterocycles. The number of pyridine rings is 1. The van der Waals surface area contributed by atoms with Crippen molar-refractivity contribution in [2.45, 2.75) is 6.92 Å². The third-order valence-electron chi connectivity index (χ3n) is 2.92. The van der Waals surface area contributed by atoms with E-state index in [1.54, 1.807) is 19.1 Å². The summed E-state index contributed by atoms with van der Waals surface area (Å²) in [5.41, 5.74) is 6.83. The summed E-state index contributed by atoms with van der Waals surface area (Å²) in [6, 6.07) is 4.75. The molecule has 6 nitrogen and oxygen atoms in total.